The van der Waals surface area contributed by atoms with Crippen LogP contribution in [-0.2, 0) is 16.6 Å². The third-order valence-corrected chi connectivity index (χ3v) is 9.98. The number of likely N-dealkylation sites (tertiary alicyclic amines) is 1. The lowest BCUT2D eigenvalue weighted by Crippen LogP contribution is -2.43. The number of fused-ring (bicyclic) bond motifs is 1. The molecule has 3 aliphatic rings. The van der Waals surface area contributed by atoms with Crippen molar-refractivity contribution in [1.29, 1.82) is 0 Å². The average Bonchev–Trinajstić information content (AvgIpc) is 3.92. The molecular formula is C35H34F2N10O2. The number of carbonyl (C=O) groups is 2. The second-order valence-electron chi connectivity index (χ2n) is 13.0. The topological polar surface area (TPSA) is 129 Å². The first-order valence-corrected chi connectivity index (χ1v) is 16.3. The molecule has 12 nitrogen and oxygen atoms in total. The molecule has 1 unspecified atom stereocenters. The summed E-state index contributed by atoms with van der Waals surface area (Å²) in [6, 6.07) is 13.9. The number of benzene rings is 2. The lowest BCUT2D eigenvalue weighted by atomic mass is 9.85. The van der Waals surface area contributed by atoms with Gasteiger partial charge < -0.3 is 9.80 Å². The van der Waals surface area contributed by atoms with E-state index in [1.165, 1.54) is 18.0 Å². The van der Waals surface area contributed by atoms with E-state index in [2.05, 4.69) is 53.4 Å². The molecule has 8 rings (SSSR count). The van der Waals surface area contributed by atoms with Crippen LogP contribution in [0.2, 0.25) is 0 Å². The highest BCUT2D eigenvalue weighted by atomic mass is 19.3. The Hall–Kier alpha value is -5.37. The summed E-state index contributed by atoms with van der Waals surface area (Å²) >= 11 is 0. The van der Waals surface area contributed by atoms with E-state index in [0.717, 1.165) is 34.1 Å². The molecule has 0 aliphatic carbocycles. The number of aryl methyl sites for hydroxylation is 1. The molecule has 2 amide bonds. The number of hydrogen-bond donors (Lipinski definition) is 1. The van der Waals surface area contributed by atoms with Crippen molar-refractivity contribution in [1.82, 2.24) is 44.7 Å². The molecule has 1 atom stereocenters. The smallest absolute Gasteiger partial charge is 0.297 e. The maximum atomic E-state index is 13.9. The molecule has 1 spiro atoms. The Morgan fingerprint density at radius 2 is 1.76 bits per heavy atom. The number of hydrogen-bond acceptors (Lipinski definition) is 8. The van der Waals surface area contributed by atoms with Gasteiger partial charge in [-0.15, -0.1) is 0 Å². The third-order valence-electron chi connectivity index (χ3n) is 9.98. The van der Waals surface area contributed by atoms with E-state index in [4.69, 9.17) is 0 Å². The van der Waals surface area contributed by atoms with Gasteiger partial charge in [-0.2, -0.15) is 10.2 Å². The molecule has 2 saturated heterocycles. The summed E-state index contributed by atoms with van der Waals surface area (Å²) in [5.74, 6) is 0.296. The summed E-state index contributed by atoms with van der Waals surface area (Å²) in [5, 5.41) is 12.4. The van der Waals surface area contributed by atoms with Crippen molar-refractivity contribution in [3.05, 3.63) is 78.6 Å². The van der Waals surface area contributed by atoms with Crippen LogP contribution in [0.15, 0.2) is 67.3 Å². The number of nitrogens with one attached hydrogen (secondary N) is 1. The van der Waals surface area contributed by atoms with Crippen LogP contribution in [0.5, 0.6) is 0 Å². The molecule has 0 radical (unpaired) electrons. The predicted molar refractivity (Wildman–Crippen MR) is 178 cm³/mol. The first-order valence-electron chi connectivity index (χ1n) is 16.3. The van der Waals surface area contributed by atoms with Gasteiger partial charge in [-0.25, -0.2) is 23.7 Å². The van der Waals surface area contributed by atoms with Crippen molar-refractivity contribution in [3.8, 4) is 22.6 Å². The normalized spacial score (nSPS) is 19.9. The van der Waals surface area contributed by atoms with E-state index in [9.17, 15) is 18.4 Å². The zero-order valence-electron chi connectivity index (χ0n) is 26.9. The molecule has 250 valence electrons. The molecule has 3 aromatic heterocycles. The molecule has 0 saturated carbocycles. The number of carbonyl (C=O) groups excluding carboxylic acids is 2. The number of aromatic amines is 1. The van der Waals surface area contributed by atoms with Gasteiger partial charge in [0, 0.05) is 67.8 Å². The summed E-state index contributed by atoms with van der Waals surface area (Å²) < 4.78 is 27.6. The largest absolute Gasteiger partial charge is 0.338 e. The van der Waals surface area contributed by atoms with Gasteiger partial charge in [0.05, 0.1) is 17.5 Å². The second kappa shape index (κ2) is 12.3. The van der Waals surface area contributed by atoms with Gasteiger partial charge in [0.25, 0.3) is 6.43 Å². The molecule has 0 bridgehead atoms. The Morgan fingerprint density at radius 1 is 0.980 bits per heavy atom. The fourth-order valence-corrected chi connectivity index (χ4v) is 7.26. The van der Waals surface area contributed by atoms with Crippen LogP contribution < -0.4 is 4.90 Å². The van der Waals surface area contributed by atoms with E-state index >= 15 is 0 Å². The Labute approximate surface area is 280 Å². The van der Waals surface area contributed by atoms with Crippen LogP contribution in [0.3, 0.4) is 0 Å². The van der Waals surface area contributed by atoms with Crippen molar-refractivity contribution in [2.24, 2.45) is 12.5 Å². The summed E-state index contributed by atoms with van der Waals surface area (Å²) in [4.78, 5) is 45.0. The van der Waals surface area contributed by atoms with Crippen LogP contribution in [0.1, 0.15) is 37.1 Å². The molecule has 6 heterocycles. The SMILES string of the molecule is Cn1cnc(-c2ccc(C3=CCN(C(=O)CN4CCC5(CCN(c6ccc7[nH]nc(-c8cnc(C(F)F)nc8)c7c6)C5=O)C4)CC3)cc2)n1. The van der Waals surface area contributed by atoms with Crippen LogP contribution in [-0.4, -0.2) is 95.8 Å². The fraction of sp³-hybridized carbons (Fsp3) is 0.343. The number of anilines is 1. The van der Waals surface area contributed by atoms with Crippen molar-refractivity contribution in [3.63, 3.8) is 0 Å². The number of amides is 2. The summed E-state index contributed by atoms with van der Waals surface area (Å²) in [6.07, 6.45) is 5.92. The minimum absolute atomic E-state index is 0.0619. The number of rotatable bonds is 7. The quantitative estimate of drug-likeness (QED) is 0.270. The Balaban J connectivity index is 0.893. The van der Waals surface area contributed by atoms with E-state index < -0.39 is 17.7 Å². The van der Waals surface area contributed by atoms with E-state index in [1.54, 1.807) is 11.0 Å². The van der Waals surface area contributed by atoms with Crippen LogP contribution in [0.4, 0.5) is 14.5 Å². The van der Waals surface area contributed by atoms with Crippen LogP contribution >= 0.6 is 0 Å². The summed E-state index contributed by atoms with van der Waals surface area (Å²) in [7, 11) is 1.85. The summed E-state index contributed by atoms with van der Waals surface area (Å²) in [5.41, 5.74) is 5.32. The number of H-pyrrole nitrogens is 1. The van der Waals surface area contributed by atoms with E-state index in [0.29, 0.717) is 69.2 Å². The Bertz CT molecular complexity index is 2070. The standard InChI is InChI=1S/C35H34F2N10O2/c1-44-21-40-32(43-44)24-4-2-22(3-5-24)23-8-12-46(13-9-23)29(48)19-45-14-10-35(20-45)11-15-47(34(35)49)26-6-7-28-27(16-26)30(42-41-28)25-17-38-33(31(36)37)39-18-25/h2-8,16-18,21,31H,9-15,19-20H2,1H3,(H,41,42). The van der Waals surface area contributed by atoms with Crippen LogP contribution in [0.25, 0.3) is 39.1 Å². The van der Waals surface area contributed by atoms with Gasteiger partial charge in [0.1, 0.15) is 12.0 Å². The maximum Gasteiger partial charge on any atom is 0.297 e. The van der Waals surface area contributed by atoms with Gasteiger partial charge in [0.15, 0.2) is 11.6 Å². The summed E-state index contributed by atoms with van der Waals surface area (Å²) in [6.45, 7) is 3.32. The number of alkyl halides is 2. The first kappa shape index (κ1) is 30.9. The van der Waals surface area contributed by atoms with Gasteiger partial charge >= 0.3 is 0 Å². The zero-order chi connectivity index (χ0) is 33.7. The highest BCUT2D eigenvalue weighted by Gasteiger charge is 2.51. The van der Waals surface area contributed by atoms with Crippen molar-refractivity contribution in [2.75, 3.05) is 44.2 Å². The minimum Gasteiger partial charge on any atom is -0.338 e. The molecular weight excluding hydrogens is 630 g/mol. The fourth-order valence-electron chi connectivity index (χ4n) is 7.26. The minimum atomic E-state index is -2.75. The van der Waals surface area contributed by atoms with Gasteiger partial charge in [0.2, 0.25) is 11.8 Å². The lowest BCUT2D eigenvalue weighted by Gasteiger charge is -2.29. The molecule has 2 fully saturated rings. The molecule has 2 aromatic carbocycles. The Morgan fingerprint density at radius 3 is 2.47 bits per heavy atom. The van der Waals surface area contributed by atoms with Crippen molar-refractivity contribution >= 4 is 34.0 Å². The molecule has 49 heavy (non-hydrogen) atoms. The Kier molecular flexibility index (Phi) is 7.74. The first-order chi connectivity index (χ1) is 23.8. The lowest BCUT2D eigenvalue weighted by molar-refractivity contribution is -0.132. The number of aromatic nitrogens is 7. The molecule has 14 heteroatoms. The van der Waals surface area contributed by atoms with Gasteiger partial charge in [-0.05, 0) is 55.1 Å². The zero-order valence-corrected chi connectivity index (χ0v) is 26.9. The molecule has 3 aliphatic heterocycles. The van der Waals surface area contributed by atoms with Crippen molar-refractivity contribution in [2.45, 2.75) is 25.7 Å². The highest BCUT2D eigenvalue weighted by Crippen LogP contribution is 2.43. The second-order valence-corrected chi connectivity index (χ2v) is 13.0. The van der Waals surface area contributed by atoms with Gasteiger partial charge in [-0.3, -0.25) is 24.3 Å². The third kappa shape index (κ3) is 5.75. The predicted octanol–water partition coefficient (Wildman–Crippen LogP) is 4.50. The number of nitrogens with zero attached hydrogens (tertiary/aromatic N) is 9. The van der Waals surface area contributed by atoms with E-state index in [-0.39, 0.29) is 11.8 Å². The van der Waals surface area contributed by atoms with Gasteiger partial charge in [-0.1, -0.05) is 30.3 Å². The van der Waals surface area contributed by atoms with E-state index in [1.807, 2.05) is 47.2 Å². The molecule has 5 aromatic rings. The highest BCUT2D eigenvalue weighted by molar-refractivity contribution is 6.03. The van der Waals surface area contributed by atoms with Crippen LogP contribution in [0, 0.1) is 5.41 Å². The maximum absolute atomic E-state index is 13.9. The molecule has 1 N–H and O–H groups in total. The van der Waals surface area contributed by atoms with Crippen molar-refractivity contribution < 1.29 is 18.4 Å². The number of halogens is 2. The average molecular weight is 665 g/mol. The monoisotopic (exact) mass is 664 g/mol.